The van der Waals surface area contributed by atoms with Crippen LogP contribution in [0.3, 0.4) is 0 Å². The highest BCUT2D eigenvalue weighted by Crippen LogP contribution is 2.22. The van der Waals surface area contributed by atoms with E-state index in [1.54, 1.807) is 13.4 Å². The van der Waals surface area contributed by atoms with Crippen molar-refractivity contribution in [2.75, 3.05) is 44.1 Å². The molecular formula is C13H24N4O. The van der Waals surface area contributed by atoms with Crippen LogP contribution >= 0.6 is 0 Å². The first kappa shape index (κ1) is 14.7. The minimum atomic E-state index is 0.696. The minimum Gasteiger partial charge on any atom is -0.383 e. The van der Waals surface area contributed by atoms with E-state index in [1.165, 1.54) is 5.56 Å². The van der Waals surface area contributed by atoms with Gasteiger partial charge in [0.15, 0.2) is 0 Å². The Morgan fingerprint density at radius 2 is 2.11 bits per heavy atom. The molecule has 1 rings (SSSR count). The molecule has 0 bridgehead atoms. The van der Waals surface area contributed by atoms with Crippen LogP contribution in [0.25, 0.3) is 0 Å². The van der Waals surface area contributed by atoms with E-state index in [1.807, 2.05) is 7.05 Å². The van der Waals surface area contributed by atoms with E-state index >= 15 is 0 Å². The third-order valence-electron chi connectivity index (χ3n) is 2.81. The number of likely N-dealkylation sites (N-methyl/N-ethyl adjacent to an activating group) is 1. The Morgan fingerprint density at radius 1 is 1.33 bits per heavy atom. The molecule has 0 aliphatic rings. The fourth-order valence-electron chi connectivity index (χ4n) is 1.79. The van der Waals surface area contributed by atoms with Gasteiger partial charge in [-0.15, -0.1) is 0 Å². The molecule has 0 saturated heterocycles. The molecule has 102 valence electrons. The number of nitrogens with one attached hydrogen (secondary N) is 1. The Hall–Kier alpha value is -1.36. The highest BCUT2D eigenvalue weighted by molar-refractivity contribution is 5.58. The second-order valence-corrected chi connectivity index (χ2v) is 4.22. The molecule has 0 unspecified atom stereocenters. The topological polar surface area (TPSA) is 50.3 Å². The van der Waals surface area contributed by atoms with Crippen LogP contribution in [0.5, 0.6) is 0 Å². The lowest BCUT2D eigenvalue weighted by Crippen LogP contribution is -2.25. The van der Waals surface area contributed by atoms with Crippen molar-refractivity contribution in [3.05, 3.63) is 11.9 Å². The first-order valence-corrected chi connectivity index (χ1v) is 6.52. The molecule has 1 aromatic rings. The lowest BCUT2D eigenvalue weighted by Gasteiger charge is -2.21. The van der Waals surface area contributed by atoms with Crippen LogP contribution in [0.4, 0.5) is 11.6 Å². The Balaban J connectivity index is 2.89. The minimum absolute atomic E-state index is 0.696. The third kappa shape index (κ3) is 3.84. The number of methoxy groups -OCH3 is 1. The number of hydrogen-bond acceptors (Lipinski definition) is 5. The summed E-state index contributed by atoms with van der Waals surface area (Å²) >= 11 is 0. The summed E-state index contributed by atoms with van der Waals surface area (Å²) in [4.78, 5) is 10.8. The molecule has 0 atom stereocenters. The maximum atomic E-state index is 5.10. The summed E-state index contributed by atoms with van der Waals surface area (Å²) in [5.41, 5.74) is 1.17. The summed E-state index contributed by atoms with van der Waals surface area (Å²) in [7, 11) is 3.74. The van der Waals surface area contributed by atoms with Gasteiger partial charge in [0.05, 0.1) is 6.61 Å². The van der Waals surface area contributed by atoms with Crippen molar-refractivity contribution in [2.45, 2.75) is 26.7 Å². The van der Waals surface area contributed by atoms with Gasteiger partial charge < -0.3 is 15.0 Å². The highest BCUT2D eigenvalue weighted by atomic mass is 16.5. The molecule has 0 aromatic carbocycles. The van der Waals surface area contributed by atoms with Gasteiger partial charge in [0.1, 0.15) is 18.0 Å². The molecule has 0 amide bonds. The highest BCUT2D eigenvalue weighted by Gasteiger charge is 2.12. The van der Waals surface area contributed by atoms with Crippen LogP contribution in [-0.4, -0.2) is 43.8 Å². The van der Waals surface area contributed by atoms with Gasteiger partial charge in [-0.1, -0.05) is 13.8 Å². The predicted molar refractivity (Wildman–Crippen MR) is 75.3 cm³/mol. The Labute approximate surface area is 110 Å². The molecule has 18 heavy (non-hydrogen) atoms. The van der Waals surface area contributed by atoms with E-state index in [2.05, 4.69) is 34.0 Å². The van der Waals surface area contributed by atoms with Gasteiger partial charge >= 0.3 is 0 Å². The molecule has 0 aliphatic carbocycles. The zero-order chi connectivity index (χ0) is 13.4. The van der Waals surface area contributed by atoms with E-state index in [9.17, 15) is 0 Å². The normalized spacial score (nSPS) is 10.4. The molecule has 0 aliphatic heterocycles. The average molecular weight is 252 g/mol. The number of aromatic nitrogens is 2. The molecule has 1 aromatic heterocycles. The van der Waals surface area contributed by atoms with E-state index < -0.39 is 0 Å². The third-order valence-corrected chi connectivity index (χ3v) is 2.81. The lowest BCUT2D eigenvalue weighted by atomic mass is 10.2. The monoisotopic (exact) mass is 252 g/mol. The molecule has 0 radical (unpaired) electrons. The first-order valence-electron chi connectivity index (χ1n) is 6.52. The summed E-state index contributed by atoms with van der Waals surface area (Å²) in [6, 6.07) is 0. The van der Waals surface area contributed by atoms with Crippen molar-refractivity contribution >= 4 is 11.6 Å². The van der Waals surface area contributed by atoms with Crippen molar-refractivity contribution < 1.29 is 4.74 Å². The average Bonchev–Trinajstić information content (AvgIpc) is 2.41. The van der Waals surface area contributed by atoms with Crippen molar-refractivity contribution in [1.29, 1.82) is 0 Å². The van der Waals surface area contributed by atoms with Gasteiger partial charge in [0, 0.05) is 32.8 Å². The van der Waals surface area contributed by atoms with Crippen LogP contribution in [-0.2, 0) is 11.2 Å². The van der Waals surface area contributed by atoms with E-state index in [-0.39, 0.29) is 0 Å². The van der Waals surface area contributed by atoms with Crippen molar-refractivity contribution in [1.82, 2.24) is 9.97 Å². The van der Waals surface area contributed by atoms with Crippen LogP contribution in [0.1, 0.15) is 25.8 Å². The van der Waals surface area contributed by atoms with Crippen molar-refractivity contribution in [3.8, 4) is 0 Å². The molecule has 5 nitrogen and oxygen atoms in total. The van der Waals surface area contributed by atoms with E-state index in [0.717, 1.165) is 37.6 Å². The maximum absolute atomic E-state index is 5.10. The quantitative estimate of drug-likeness (QED) is 0.766. The zero-order valence-corrected chi connectivity index (χ0v) is 11.9. The van der Waals surface area contributed by atoms with Crippen LogP contribution < -0.4 is 10.2 Å². The number of hydrogen-bond donors (Lipinski definition) is 1. The van der Waals surface area contributed by atoms with Crippen molar-refractivity contribution in [3.63, 3.8) is 0 Å². The summed E-state index contributed by atoms with van der Waals surface area (Å²) in [5.74, 6) is 1.94. The molecule has 1 N–H and O–H groups in total. The van der Waals surface area contributed by atoms with E-state index in [4.69, 9.17) is 4.74 Å². The molecular weight excluding hydrogens is 228 g/mol. The SMILES string of the molecule is CCCNc1ncnc(N(C)CCOC)c1CC. The van der Waals surface area contributed by atoms with Gasteiger partial charge in [0.25, 0.3) is 0 Å². The largest absolute Gasteiger partial charge is 0.383 e. The first-order chi connectivity index (χ1) is 8.74. The number of anilines is 2. The van der Waals surface area contributed by atoms with Crippen LogP contribution in [0, 0.1) is 0 Å². The van der Waals surface area contributed by atoms with Crippen molar-refractivity contribution in [2.24, 2.45) is 0 Å². The Bertz CT molecular complexity index is 357. The molecule has 5 heteroatoms. The molecule has 0 spiro atoms. The Morgan fingerprint density at radius 3 is 2.72 bits per heavy atom. The van der Waals surface area contributed by atoms with Gasteiger partial charge in [-0.05, 0) is 12.8 Å². The fraction of sp³-hybridized carbons (Fsp3) is 0.692. The smallest absolute Gasteiger partial charge is 0.137 e. The standard InChI is InChI=1S/C13H24N4O/c1-5-7-14-12-11(6-2)13(16-10-15-12)17(3)8-9-18-4/h10H,5-9H2,1-4H3,(H,14,15,16). The second kappa shape index (κ2) is 7.87. The van der Waals surface area contributed by atoms with Gasteiger partial charge in [-0.3, -0.25) is 0 Å². The van der Waals surface area contributed by atoms with Gasteiger partial charge in [-0.25, -0.2) is 9.97 Å². The lowest BCUT2D eigenvalue weighted by molar-refractivity contribution is 0.206. The summed E-state index contributed by atoms with van der Waals surface area (Å²) in [5, 5.41) is 3.36. The van der Waals surface area contributed by atoms with Gasteiger partial charge in [-0.2, -0.15) is 0 Å². The van der Waals surface area contributed by atoms with Gasteiger partial charge in [0.2, 0.25) is 0 Å². The number of ether oxygens (including phenoxy) is 1. The molecule has 0 fully saturated rings. The molecule has 0 saturated carbocycles. The summed E-state index contributed by atoms with van der Waals surface area (Å²) in [6.07, 6.45) is 3.62. The maximum Gasteiger partial charge on any atom is 0.137 e. The Kier molecular flexibility index (Phi) is 6.43. The number of rotatable bonds is 8. The summed E-state index contributed by atoms with van der Waals surface area (Å²) in [6.45, 7) is 6.73. The van der Waals surface area contributed by atoms with Crippen LogP contribution in [0.15, 0.2) is 6.33 Å². The molecule has 1 heterocycles. The summed E-state index contributed by atoms with van der Waals surface area (Å²) < 4.78 is 5.10. The fourth-order valence-corrected chi connectivity index (χ4v) is 1.79. The zero-order valence-electron chi connectivity index (χ0n) is 11.9. The van der Waals surface area contributed by atoms with Crippen LogP contribution in [0.2, 0.25) is 0 Å². The predicted octanol–water partition coefficient (Wildman–Crippen LogP) is 1.94. The number of nitrogens with zero attached hydrogens (tertiary/aromatic N) is 3. The van der Waals surface area contributed by atoms with E-state index in [0.29, 0.717) is 6.61 Å². The second-order valence-electron chi connectivity index (χ2n) is 4.22.